The van der Waals surface area contributed by atoms with Crippen LogP contribution in [-0.4, -0.2) is 56.5 Å². The average molecular weight is 348 g/mol. The molecule has 1 aliphatic rings. The number of primary amides is 1. The molecule has 2 N–H and O–H groups in total. The second-order valence-electron chi connectivity index (χ2n) is 5.95. The highest BCUT2D eigenvalue weighted by Crippen LogP contribution is 2.22. The minimum absolute atomic E-state index is 0.315. The lowest BCUT2D eigenvalue weighted by molar-refractivity contribution is 0.204. The molecule has 9 nitrogen and oxygen atoms in total. The molecule has 0 spiro atoms. The zero-order chi connectivity index (χ0) is 18.1. The summed E-state index contributed by atoms with van der Waals surface area (Å²) in [4.78, 5) is 28.1. The van der Waals surface area contributed by atoms with Gasteiger partial charge in [0.1, 0.15) is 11.9 Å². The van der Waals surface area contributed by atoms with Gasteiger partial charge in [-0.05, 0) is 12.1 Å². The maximum atomic E-state index is 11.3. The molecule has 3 aromatic heterocycles. The van der Waals surface area contributed by atoms with Crippen molar-refractivity contribution in [2.75, 3.05) is 31.1 Å². The number of amides is 2. The van der Waals surface area contributed by atoms with Crippen molar-refractivity contribution in [3.05, 3.63) is 42.5 Å². The normalized spacial score (nSPS) is 14.4. The second-order valence-corrected chi connectivity index (χ2v) is 5.95. The Kier molecular flexibility index (Phi) is 3.85. The lowest BCUT2D eigenvalue weighted by atomic mass is 10.2. The number of anilines is 1. The Hall–Kier alpha value is -3.67. The third-order valence-electron chi connectivity index (χ3n) is 4.42. The summed E-state index contributed by atoms with van der Waals surface area (Å²) in [6, 6.07) is 7.42. The predicted octanol–water partition coefficient (Wildman–Crippen LogP) is 0.864. The monoisotopic (exact) mass is 348 g/mol. The Morgan fingerprint density at radius 2 is 1.96 bits per heavy atom. The van der Waals surface area contributed by atoms with Crippen LogP contribution >= 0.6 is 0 Å². The smallest absolute Gasteiger partial charge is 0.314 e. The van der Waals surface area contributed by atoms with E-state index in [2.05, 4.69) is 14.9 Å². The van der Waals surface area contributed by atoms with Crippen molar-refractivity contribution < 1.29 is 4.79 Å². The molecular weight excluding hydrogens is 332 g/mol. The first-order chi connectivity index (χ1) is 12.7. The largest absolute Gasteiger partial charge is 0.353 e. The molecule has 0 radical (unpaired) electrons. The maximum Gasteiger partial charge on any atom is 0.314 e. The number of nitriles is 1. The van der Waals surface area contributed by atoms with Crippen LogP contribution < -0.4 is 10.6 Å². The fraction of sp³-hybridized carbons (Fsp3) is 0.235. The Bertz CT molecular complexity index is 1010. The van der Waals surface area contributed by atoms with Gasteiger partial charge in [0.05, 0.1) is 23.8 Å². The maximum absolute atomic E-state index is 11.3. The molecule has 2 amide bonds. The number of nitrogens with zero attached hydrogens (tertiary/aromatic N) is 7. The molecule has 1 aliphatic heterocycles. The van der Waals surface area contributed by atoms with Crippen LogP contribution in [0.25, 0.3) is 17.0 Å². The molecule has 3 aromatic rings. The van der Waals surface area contributed by atoms with E-state index in [0.29, 0.717) is 37.5 Å². The quantitative estimate of drug-likeness (QED) is 0.734. The topological polar surface area (TPSA) is 116 Å². The lowest BCUT2D eigenvalue weighted by Gasteiger charge is -2.34. The zero-order valence-corrected chi connectivity index (χ0v) is 13.9. The van der Waals surface area contributed by atoms with E-state index in [1.54, 1.807) is 23.5 Å². The average Bonchev–Trinajstić information content (AvgIpc) is 3.11. The summed E-state index contributed by atoms with van der Waals surface area (Å²) >= 11 is 0. The van der Waals surface area contributed by atoms with Crippen molar-refractivity contribution in [1.82, 2.24) is 24.3 Å². The Morgan fingerprint density at radius 3 is 2.69 bits per heavy atom. The highest BCUT2D eigenvalue weighted by molar-refractivity contribution is 5.72. The lowest BCUT2D eigenvalue weighted by Crippen LogP contribution is -2.50. The van der Waals surface area contributed by atoms with Gasteiger partial charge < -0.3 is 15.5 Å². The summed E-state index contributed by atoms with van der Waals surface area (Å²) in [5.74, 6) is 0.830. The van der Waals surface area contributed by atoms with Crippen LogP contribution in [0.15, 0.2) is 36.8 Å². The molecule has 0 saturated carbocycles. The number of aromatic nitrogens is 4. The molecule has 130 valence electrons. The first-order valence-electron chi connectivity index (χ1n) is 8.15. The molecule has 4 heterocycles. The summed E-state index contributed by atoms with van der Waals surface area (Å²) in [5.41, 5.74) is 7.84. The molecule has 26 heavy (non-hydrogen) atoms. The van der Waals surface area contributed by atoms with Crippen molar-refractivity contribution in [3.8, 4) is 17.5 Å². The molecule has 0 aromatic carbocycles. The zero-order valence-electron chi connectivity index (χ0n) is 13.9. The summed E-state index contributed by atoms with van der Waals surface area (Å²) < 4.78 is 1.81. The number of fused-ring (bicyclic) bond motifs is 1. The van der Waals surface area contributed by atoms with E-state index in [1.807, 2.05) is 28.7 Å². The number of carbonyl (C=O) groups is 1. The van der Waals surface area contributed by atoms with E-state index in [-0.39, 0.29) is 6.03 Å². The van der Waals surface area contributed by atoms with Crippen LogP contribution in [0.5, 0.6) is 0 Å². The summed E-state index contributed by atoms with van der Waals surface area (Å²) in [5, 5.41) is 9.07. The van der Waals surface area contributed by atoms with E-state index in [0.717, 1.165) is 17.2 Å². The molecule has 0 unspecified atom stereocenters. The summed E-state index contributed by atoms with van der Waals surface area (Å²) in [6.07, 6.45) is 4.93. The van der Waals surface area contributed by atoms with E-state index in [4.69, 9.17) is 16.0 Å². The molecule has 0 aliphatic carbocycles. The van der Waals surface area contributed by atoms with Gasteiger partial charge in [-0.2, -0.15) is 5.26 Å². The van der Waals surface area contributed by atoms with E-state index in [1.165, 1.54) is 0 Å². The Morgan fingerprint density at radius 1 is 1.15 bits per heavy atom. The van der Waals surface area contributed by atoms with Gasteiger partial charge in [0.2, 0.25) is 0 Å². The van der Waals surface area contributed by atoms with Crippen molar-refractivity contribution in [2.45, 2.75) is 0 Å². The molecule has 1 saturated heterocycles. The van der Waals surface area contributed by atoms with E-state index < -0.39 is 0 Å². The van der Waals surface area contributed by atoms with Crippen LogP contribution in [0, 0.1) is 11.3 Å². The van der Waals surface area contributed by atoms with Crippen LogP contribution in [0.1, 0.15) is 5.69 Å². The van der Waals surface area contributed by atoms with Crippen molar-refractivity contribution >= 4 is 17.5 Å². The van der Waals surface area contributed by atoms with Gasteiger partial charge in [-0.15, -0.1) is 0 Å². The number of carbonyl (C=O) groups excluding carboxylic acids is 1. The highest BCUT2D eigenvalue weighted by Gasteiger charge is 2.20. The fourth-order valence-electron chi connectivity index (χ4n) is 3.03. The molecule has 1 fully saturated rings. The van der Waals surface area contributed by atoms with Crippen LogP contribution in [0.4, 0.5) is 10.6 Å². The Balaban J connectivity index is 1.65. The van der Waals surface area contributed by atoms with Gasteiger partial charge in [-0.3, -0.25) is 4.40 Å². The summed E-state index contributed by atoms with van der Waals surface area (Å²) in [6.45, 7) is 2.51. The minimum Gasteiger partial charge on any atom is -0.353 e. The van der Waals surface area contributed by atoms with Gasteiger partial charge in [0, 0.05) is 32.4 Å². The molecule has 0 bridgehead atoms. The van der Waals surface area contributed by atoms with Gasteiger partial charge in [0.15, 0.2) is 11.3 Å². The van der Waals surface area contributed by atoms with Crippen molar-refractivity contribution in [2.24, 2.45) is 5.73 Å². The van der Waals surface area contributed by atoms with E-state index in [9.17, 15) is 4.79 Å². The number of pyridine rings is 1. The van der Waals surface area contributed by atoms with Crippen LogP contribution in [0.2, 0.25) is 0 Å². The number of imidazole rings is 1. The molecular formula is C17H16N8O. The van der Waals surface area contributed by atoms with Crippen molar-refractivity contribution in [3.63, 3.8) is 0 Å². The van der Waals surface area contributed by atoms with Gasteiger partial charge in [-0.25, -0.2) is 19.7 Å². The Labute approximate surface area is 149 Å². The van der Waals surface area contributed by atoms with E-state index >= 15 is 0 Å². The summed E-state index contributed by atoms with van der Waals surface area (Å²) in [7, 11) is 0. The SMILES string of the molecule is N#Cc1cn2c(-c3cccc(N4CCN(C(N)=O)CC4)n3)cnc2cn1. The first kappa shape index (κ1) is 15.8. The third kappa shape index (κ3) is 2.77. The fourth-order valence-corrected chi connectivity index (χ4v) is 3.03. The number of piperazine rings is 1. The number of urea groups is 1. The number of rotatable bonds is 2. The number of nitrogens with two attached hydrogens (primary N) is 1. The first-order valence-corrected chi connectivity index (χ1v) is 8.15. The predicted molar refractivity (Wildman–Crippen MR) is 94.3 cm³/mol. The van der Waals surface area contributed by atoms with Crippen LogP contribution in [-0.2, 0) is 0 Å². The number of hydrogen-bond donors (Lipinski definition) is 1. The van der Waals surface area contributed by atoms with Crippen LogP contribution in [0.3, 0.4) is 0 Å². The second kappa shape index (κ2) is 6.33. The number of hydrogen-bond acceptors (Lipinski definition) is 6. The van der Waals surface area contributed by atoms with Gasteiger partial charge in [0.25, 0.3) is 0 Å². The van der Waals surface area contributed by atoms with Gasteiger partial charge in [-0.1, -0.05) is 6.07 Å². The molecule has 0 atom stereocenters. The standard InChI is InChI=1S/C17H16N8O/c18-8-12-11-25-14(9-21-16(25)10-20-12)13-2-1-3-15(22-13)23-4-6-24(7-5-23)17(19)26/h1-3,9-11H,4-7H2,(H2,19,26). The van der Waals surface area contributed by atoms with Gasteiger partial charge >= 0.3 is 6.03 Å². The highest BCUT2D eigenvalue weighted by atomic mass is 16.2. The molecule has 9 heteroatoms. The molecule has 4 rings (SSSR count). The van der Waals surface area contributed by atoms with Crippen molar-refractivity contribution in [1.29, 1.82) is 5.26 Å². The minimum atomic E-state index is -0.390. The third-order valence-corrected chi connectivity index (χ3v) is 4.42.